The van der Waals surface area contributed by atoms with Gasteiger partial charge in [-0.2, -0.15) is 13.2 Å². The average Bonchev–Trinajstić information content (AvgIpc) is 3.55. The second kappa shape index (κ2) is 8.92. The van der Waals surface area contributed by atoms with E-state index in [1.54, 1.807) is 40.0 Å². The quantitative estimate of drug-likeness (QED) is 0.454. The molecule has 0 aliphatic heterocycles. The zero-order valence-corrected chi connectivity index (χ0v) is 20.0. The minimum Gasteiger partial charge on any atom is -0.444 e. The summed E-state index contributed by atoms with van der Waals surface area (Å²) in [4.78, 5) is 37.1. The zero-order chi connectivity index (χ0) is 26.4. The molecule has 2 unspecified atom stereocenters. The van der Waals surface area contributed by atoms with E-state index in [9.17, 15) is 22.8 Å². The van der Waals surface area contributed by atoms with E-state index in [0.717, 1.165) is 0 Å². The first kappa shape index (κ1) is 25.1. The number of nitrogens with one attached hydrogen (secondary N) is 2. The van der Waals surface area contributed by atoms with Crippen LogP contribution in [-0.4, -0.2) is 38.7 Å². The third kappa shape index (κ3) is 5.47. The highest BCUT2D eigenvalue weighted by atomic mass is 19.4. The smallest absolute Gasteiger partial charge is 0.412 e. The molecule has 12 heteroatoms. The number of nitrogens with two attached hydrogens (primary N) is 1. The molecular formula is C24H25F3N6O3. The molecule has 4 N–H and O–H groups in total. The molecule has 36 heavy (non-hydrogen) atoms. The normalized spacial score (nSPS) is 17.5. The van der Waals surface area contributed by atoms with Gasteiger partial charge in [-0.05, 0) is 57.2 Å². The Labute approximate surface area is 204 Å². The summed E-state index contributed by atoms with van der Waals surface area (Å²) in [5.74, 6) is -3.20. The molecule has 0 radical (unpaired) electrons. The monoisotopic (exact) mass is 502 g/mol. The van der Waals surface area contributed by atoms with Crippen LogP contribution in [0.2, 0.25) is 0 Å². The van der Waals surface area contributed by atoms with Gasteiger partial charge in [0, 0.05) is 23.3 Å². The van der Waals surface area contributed by atoms with Gasteiger partial charge in [-0.25, -0.2) is 14.8 Å². The Morgan fingerprint density at radius 1 is 1.11 bits per heavy atom. The van der Waals surface area contributed by atoms with E-state index in [2.05, 4.69) is 25.6 Å². The second-order valence-electron chi connectivity index (χ2n) is 9.65. The number of fused-ring (bicyclic) bond motifs is 1. The number of carbonyl (C=O) groups excluding carboxylic acids is 2. The number of aromatic nitrogens is 3. The number of carbonyl (C=O) groups is 2. The lowest BCUT2D eigenvalue weighted by Gasteiger charge is -2.20. The van der Waals surface area contributed by atoms with Crippen molar-refractivity contribution in [2.75, 3.05) is 16.4 Å². The number of ether oxygens (including phenoxy) is 1. The van der Waals surface area contributed by atoms with Crippen LogP contribution in [0.4, 0.5) is 35.3 Å². The van der Waals surface area contributed by atoms with Crippen molar-refractivity contribution in [3.8, 4) is 11.3 Å². The summed E-state index contributed by atoms with van der Waals surface area (Å²) in [5.41, 5.74) is 7.58. The van der Waals surface area contributed by atoms with Gasteiger partial charge < -0.3 is 15.8 Å². The van der Waals surface area contributed by atoms with Crippen LogP contribution in [0.15, 0.2) is 30.7 Å². The minimum absolute atomic E-state index is 0.104. The summed E-state index contributed by atoms with van der Waals surface area (Å²) in [5, 5.41) is 6.19. The average molecular weight is 502 g/mol. The van der Waals surface area contributed by atoms with E-state index in [-0.39, 0.29) is 18.1 Å². The first-order valence-corrected chi connectivity index (χ1v) is 11.1. The zero-order valence-electron chi connectivity index (χ0n) is 20.0. The predicted molar refractivity (Wildman–Crippen MR) is 128 cm³/mol. The fourth-order valence-corrected chi connectivity index (χ4v) is 3.77. The molecule has 2 atom stereocenters. The second-order valence-corrected chi connectivity index (χ2v) is 9.65. The Hall–Kier alpha value is -3.96. The maximum absolute atomic E-state index is 12.8. The molecule has 0 bridgehead atoms. The molecule has 0 spiro atoms. The molecule has 9 nitrogen and oxygen atoms in total. The number of halogens is 3. The van der Waals surface area contributed by atoms with Gasteiger partial charge in [-0.15, -0.1) is 0 Å². The summed E-state index contributed by atoms with van der Waals surface area (Å²) in [7, 11) is 0. The molecule has 0 saturated heterocycles. The van der Waals surface area contributed by atoms with E-state index in [0.29, 0.717) is 33.3 Å². The van der Waals surface area contributed by atoms with Gasteiger partial charge in [-0.3, -0.25) is 15.1 Å². The van der Waals surface area contributed by atoms with Gasteiger partial charge in [0.05, 0.1) is 29.4 Å². The molecule has 1 aliphatic carbocycles. The van der Waals surface area contributed by atoms with E-state index >= 15 is 0 Å². The van der Waals surface area contributed by atoms with Gasteiger partial charge in [0.15, 0.2) is 0 Å². The Morgan fingerprint density at radius 2 is 1.83 bits per heavy atom. The third-order valence-corrected chi connectivity index (χ3v) is 5.67. The third-order valence-electron chi connectivity index (χ3n) is 5.67. The van der Waals surface area contributed by atoms with Crippen molar-refractivity contribution in [2.24, 2.45) is 11.8 Å². The minimum atomic E-state index is -4.40. The summed E-state index contributed by atoms with van der Waals surface area (Å²) in [6.45, 7) is 7.03. The molecule has 1 fully saturated rings. The molecule has 4 rings (SSSR count). The van der Waals surface area contributed by atoms with E-state index in [1.807, 2.05) is 0 Å². The van der Waals surface area contributed by atoms with Crippen molar-refractivity contribution in [3.05, 3.63) is 36.3 Å². The lowest BCUT2D eigenvalue weighted by molar-refractivity contribution is -0.153. The first-order chi connectivity index (χ1) is 16.7. The highest BCUT2D eigenvalue weighted by Crippen LogP contribution is 2.50. The fourth-order valence-electron chi connectivity index (χ4n) is 3.77. The maximum atomic E-state index is 12.8. The number of nitrogens with zero attached hydrogens (tertiary/aromatic N) is 3. The Bertz CT molecular complexity index is 1350. The number of pyridine rings is 3. The van der Waals surface area contributed by atoms with Crippen molar-refractivity contribution in [1.82, 2.24) is 15.0 Å². The largest absolute Gasteiger partial charge is 0.444 e. The van der Waals surface area contributed by atoms with Crippen LogP contribution >= 0.6 is 0 Å². The molecule has 2 amide bonds. The number of rotatable bonds is 4. The Kier molecular flexibility index (Phi) is 6.23. The van der Waals surface area contributed by atoms with Crippen LogP contribution in [0.1, 0.15) is 32.8 Å². The van der Waals surface area contributed by atoms with Crippen LogP contribution in [0, 0.1) is 18.8 Å². The van der Waals surface area contributed by atoms with Crippen molar-refractivity contribution < 1.29 is 27.5 Å². The molecule has 3 aromatic heterocycles. The fraction of sp³-hybridized carbons (Fsp3) is 0.375. The highest BCUT2D eigenvalue weighted by molar-refractivity contribution is 5.99. The van der Waals surface area contributed by atoms with Gasteiger partial charge in [0.1, 0.15) is 17.2 Å². The number of alkyl halides is 3. The van der Waals surface area contributed by atoms with E-state index in [4.69, 9.17) is 10.5 Å². The Balaban J connectivity index is 1.60. The van der Waals surface area contributed by atoms with Crippen LogP contribution in [0.3, 0.4) is 0 Å². The lowest BCUT2D eigenvalue weighted by atomic mass is 10.0. The molecule has 3 heterocycles. The predicted octanol–water partition coefficient (Wildman–Crippen LogP) is 5.07. The topological polar surface area (TPSA) is 132 Å². The van der Waals surface area contributed by atoms with Crippen LogP contribution in [0.5, 0.6) is 0 Å². The summed E-state index contributed by atoms with van der Waals surface area (Å²) in [6.07, 6.45) is -0.813. The molecule has 1 aliphatic rings. The van der Waals surface area contributed by atoms with Crippen molar-refractivity contribution in [3.63, 3.8) is 0 Å². The molecular weight excluding hydrogens is 477 g/mol. The van der Waals surface area contributed by atoms with Crippen molar-refractivity contribution in [1.29, 1.82) is 0 Å². The van der Waals surface area contributed by atoms with Crippen LogP contribution < -0.4 is 16.4 Å². The molecule has 190 valence electrons. The standard InChI is InChI=1S/C24H25F3N6O3/c1-11-14(8-29-10-18(11)32-22(35)36-23(2,3)4)17-5-12-6-19(30-9-15(12)20(28)31-17)33-21(34)13-7-16(13)24(25,26)27/h5-6,8-10,13,16H,7H2,1-4H3,(H2,28,31)(H,32,35)(H,30,33,34). The number of amides is 2. The number of anilines is 3. The van der Waals surface area contributed by atoms with Crippen LogP contribution in [-0.2, 0) is 9.53 Å². The SMILES string of the molecule is Cc1c(NC(=O)OC(C)(C)C)cncc1-c1cc2cc(NC(=O)C3CC3C(F)(F)F)ncc2c(N)n1. The van der Waals surface area contributed by atoms with Crippen molar-refractivity contribution in [2.45, 2.75) is 45.9 Å². The molecule has 0 aromatic carbocycles. The van der Waals surface area contributed by atoms with Gasteiger partial charge in [0.25, 0.3) is 0 Å². The Morgan fingerprint density at radius 3 is 2.47 bits per heavy atom. The molecule has 1 saturated carbocycles. The number of hydrogen-bond donors (Lipinski definition) is 3. The van der Waals surface area contributed by atoms with E-state index in [1.165, 1.54) is 18.5 Å². The van der Waals surface area contributed by atoms with Gasteiger partial charge in [0.2, 0.25) is 5.91 Å². The van der Waals surface area contributed by atoms with Gasteiger partial charge in [-0.1, -0.05) is 0 Å². The summed E-state index contributed by atoms with van der Waals surface area (Å²) in [6, 6.07) is 3.21. The highest BCUT2D eigenvalue weighted by Gasteiger charge is 2.58. The number of hydrogen-bond acceptors (Lipinski definition) is 7. The first-order valence-electron chi connectivity index (χ1n) is 11.1. The lowest BCUT2D eigenvalue weighted by Crippen LogP contribution is -2.27. The summed E-state index contributed by atoms with van der Waals surface area (Å²) >= 11 is 0. The van der Waals surface area contributed by atoms with Crippen LogP contribution in [0.25, 0.3) is 22.0 Å². The summed E-state index contributed by atoms with van der Waals surface area (Å²) < 4.78 is 43.7. The number of nitrogen functional groups attached to an aromatic ring is 1. The molecule has 3 aromatic rings. The van der Waals surface area contributed by atoms with Gasteiger partial charge >= 0.3 is 12.3 Å². The maximum Gasteiger partial charge on any atom is 0.412 e. The van der Waals surface area contributed by atoms with E-state index < -0.39 is 35.6 Å². The van der Waals surface area contributed by atoms with Crippen molar-refractivity contribution >= 4 is 40.1 Å².